The summed E-state index contributed by atoms with van der Waals surface area (Å²) in [7, 11) is 0. The molecule has 252 valence electrons. The minimum absolute atomic E-state index is 0.0338. The largest absolute Gasteiger partial charge is 0.464 e. The van der Waals surface area contributed by atoms with Crippen LogP contribution in [0.3, 0.4) is 0 Å². The average Bonchev–Trinajstić information content (AvgIpc) is 2.99. The molecule has 3 aromatic rings. The van der Waals surface area contributed by atoms with Crippen molar-refractivity contribution in [3.63, 3.8) is 0 Å². The number of nitrogens with one attached hydrogen (secondary N) is 1. The van der Waals surface area contributed by atoms with Gasteiger partial charge in [-0.3, -0.25) is 0 Å². The maximum atomic E-state index is 15.9. The van der Waals surface area contributed by atoms with Crippen LogP contribution in [-0.2, 0) is 14.9 Å². The van der Waals surface area contributed by atoms with Gasteiger partial charge in [-0.2, -0.15) is 57.1 Å². The summed E-state index contributed by atoms with van der Waals surface area (Å²) in [6.45, 7) is 0.839. The molecule has 0 amide bonds. The van der Waals surface area contributed by atoms with Gasteiger partial charge in [0, 0.05) is 12.1 Å². The second-order valence-corrected chi connectivity index (χ2v) is 10.1. The van der Waals surface area contributed by atoms with E-state index >= 15 is 17.6 Å². The lowest BCUT2D eigenvalue weighted by atomic mass is 9.64. The van der Waals surface area contributed by atoms with Crippen LogP contribution in [0.4, 0.5) is 62.8 Å². The highest BCUT2D eigenvalue weighted by Crippen LogP contribution is 2.62. The first kappa shape index (κ1) is 36.5. The van der Waals surface area contributed by atoms with E-state index in [4.69, 9.17) is 4.74 Å². The van der Waals surface area contributed by atoms with Crippen molar-refractivity contribution in [1.82, 2.24) is 0 Å². The molecule has 0 bridgehead atoms. The molecule has 1 atom stereocenters. The van der Waals surface area contributed by atoms with Gasteiger partial charge in [0.15, 0.2) is 0 Å². The van der Waals surface area contributed by atoms with Gasteiger partial charge in [0.25, 0.3) is 0 Å². The smallest absolute Gasteiger partial charge is 0.460 e. The third-order valence-corrected chi connectivity index (χ3v) is 7.18. The van der Waals surface area contributed by atoms with Crippen LogP contribution < -0.4 is 5.32 Å². The first-order chi connectivity index (χ1) is 21.1. The van der Waals surface area contributed by atoms with E-state index in [0.717, 1.165) is 24.3 Å². The van der Waals surface area contributed by atoms with Gasteiger partial charge in [-0.25, -0.2) is 4.79 Å². The van der Waals surface area contributed by atoms with Crippen molar-refractivity contribution < 1.29 is 66.6 Å². The molecular weight excluding hydrogens is 653 g/mol. The number of anilines is 1. The summed E-state index contributed by atoms with van der Waals surface area (Å²) in [4.78, 5) is 13.5. The van der Waals surface area contributed by atoms with Crippen LogP contribution in [0, 0.1) is 0 Å². The van der Waals surface area contributed by atoms with E-state index < -0.39 is 77.4 Å². The highest BCUT2D eigenvalue weighted by atomic mass is 19.4. The van der Waals surface area contributed by atoms with E-state index in [1.807, 2.05) is 0 Å². The number of benzene rings is 3. The Bertz CT molecular complexity index is 1410. The van der Waals surface area contributed by atoms with E-state index in [0.29, 0.717) is 0 Å². The number of esters is 1. The molecule has 0 radical (unpaired) electrons. The highest BCUT2D eigenvalue weighted by Gasteiger charge is 2.91. The lowest BCUT2D eigenvalue weighted by Gasteiger charge is -2.46. The van der Waals surface area contributed by atoms with Crippen LogP contribution in [0.25, 0.3) is 0 Å². The van der Waals surface area contributed by atoms with E-state index in [9.17, 15) is 44.3 Å². The fraction of sp³-hybridized carbons (Fsp3) is 0.367. The SMILES string of the molecule is CCOC(=O)C(Nc1ccccc1)C(CC(F)(F)C(F)(F)C(F)(F)C(F)(F)C(F)(F)C(F)(F)F)(c1ccccc1)c1ccccc1. The second-order valence-electron chi connectivity index (χ2n) is 10.1. The van der Waals surface area contributed by atoms with E-state index in [2.05, 4.69) is 5.32 Å². The second kappa shape index (κ2) is 12.7. The molecule has 1 N–H and O–H groups in total. The molecule has 0 aliphatic rings. The van der Waals surface area contributed by atoms with Gasteiger partial charge in [-0.05, 0) is 30.2 Å². The molecule has 16 heteroatoms. The van der Waals surface area contributed by atoms with Crippen LogP contribution in [0.15, 0.2) is 91.0 Å². The van der Waals surface area contributed by atoms with Gasteiger partial charge in [0.2, 0.25) is 0 Å². The van der Waals surface area contributed by atoms with Crippen LogP contribution in [0.5, 0.6) is 0 Å². The first-order valence-corrected chi connectivity index (χ1v) is 13.2. The zero-order valence-electron chi connectivity index (χ0n) is 23.4. The summed E-state index contributed by atoms with van der Waals surface area (Å²) in [5.74, 6) is -39.5. The molecule has 3 nitrogen and oxygen atoms in total. The van der Waals surface area contributed by atoms with Gasteiger partial charge >= 0.3 is 41.8 Å². The van der Waals surface area contributed by atoms with Crippen LogP contribution >= 0.6 is 0 Å². The molecule has 3 aromatic carbocycles. The van der Waals surface area contributed by atoms with Crippen LogP contribution in [-0.4, -0.2) is 54.4 Å². The fourth-order valence-electron chi connectivity index (χ4n) is 4.85. The summed E-state index contributed by atoms with van der Waals surface area (Å²) in [6.07, 6.45) is -10.3. The number of hydrogen-bond donors (Lipinski definition) is 1. The molecule has 0 spiro atoms. The average molecular weight is 678 g/mol. The van der Waals surface area contributed by atoms with Crippen molar-refractivity contribution in [1.29, 1.82) is 0 Å². The molecule has 0 saturated carbocycles. The van der Waals surface area contributed by atoms with Gasteiger partial charge < -0.3 is 10.1 Å². The third-order valence-electron chi connectivity index (χ3n) is 7.18. The first-order valence-electron chi connectivity index (χ1n) is 13.2. The highest BCUT2D eigenvalue weighted by molar-refractivity contribution is 5.83. The molecule has 3 rings (SSSR count). The summed E-state index contributed by atoms with van der Waals surface area (Å²) >= 11 is 0. The molecule has 0 fully saturated rings. The summed E-state index contributed by atoms with van der Waals surface area (Å²) in [5, 5.41) is 2.53. The topological polar surface area (TPSA) is 38.3 Å². The number of rotatable bonds is 13. The predicted octanol–water partition coefficient (Wildman–Crippen LogP) is 9.15. The monoisotopic (exact) mass is 677 g/mol. The van der Waals surface area contributed by atoms with Crippen LogP contribution in [0.1, 0.15) is 24.5 Å². The van der Waals surface area contributed by atoms with Gasteiger partial charge in [0.1, 0.15) is 6.04 Å². The Morgan fingerprint density at radius 1 is 0.609 bits per heavy atom. The molecule has 0 saturated heterocycles. The Hall–Kier alpha value is -3.98. The number of alkyl halides is 13. The Labute approximate surface area is 253 Å². The Balaban J connectivity index is 2.39. The summed E-state index contributed by atoms with van der Waals surface area (Å²) < 4.78 is 190. The minimum Gasteiger partial charge on any atom is -0.464 e. The van der Waals surface area contributed by atoms with Crippen molar-refractivity contribution in [3.8, 4) is 0 Å². The van der Waals surface area contributed by atoms with Crippen molar-refractivity contribution in [3.05, 3.63) is 102 Å². The van der Waals surface area contributed by atoms with Gasteiger partial charge in [-0.15, -0.1) is 0 Å². The van der Waals surface area contributed by atoms with E-state index in [1.54, 1.807) is 0 Å². The molecule has 0 aliphatic carbocycles. The lowest BCUT2D eigenvalue weighted by molar-refractivity contribution is -0.440. The number of hydrogen-bond acceptors (Lipinski definition) is 3. The molecule has 0 heterocycles. The maximum Gasteiger partial charge on any atom is 0.460 e. The molecule has 46 heavy (non-hydrogen) atoms. The Morgan fingerprint density at radius 3 is 1.39 bits per heavy atom. The molecule has 0 aromatic heterocycles. The predicted molar refractivity (Wildman–Crippen MR) is 140 cm³/mol. The quantitative estimate of drug-likeness (QED) is 0.145. The number of ether oxygens (including phenoxy) is 1. The van der Waals surface area contributed by atoms with Crippen molar-refractivity contribution in [2.75, 3.05) is 11.9 Å². The molecule has 1 unspecified atom stereocenters. The maximum absolute atomic E-state index is 15.9. The lowest BCUT2D eigenvalue weighted by Crippen LogP contribution is -2.71. The zero-order valence-corrected chi connectivity index (χ0v) is 23.4. The van der Waals surface area contributed by atoms with Crippen molar-refractivity contribution in [2.24, 2.45) is 0 Å². The van der Waals surface area contributed by atoms with E-state index in [-0.39, 0.29) is 5.69 Å². The Morgan fingerprint density at radius 2 is 1.00 bits per heavy atom. The number of carbonyl (C=O) groups excluding carboxylic acids is 1. The van der Waals surface area contributed by atoms with Crippen molar-refractivity contribution in [2.45, 2.75) is 60.6 Å². The van der Waals surface area contributed by atoms with Gasteiger partial charge in [0.05, 0.1) is 12.0 Å². The number of carbonyl (C=O) groups is 1. The van der Waals surface area contributed by atoms with Crippen LogP contribution in [0.2, 0.25) is 0 Å². The normalized spacial score (nSPS) is 14.5. The summed E-state index contributed by atoms with van der Waals surface area (Å²) in [6, 6.07) is 15.9. The standard InChI is InChI=1S/C30H24F13NO2/c1-2-46-23(45)22(44-21-16-10-5-11-17-21)24(19-12-6-3-7-13-19,20-14-8-4-9-15-20)18-25(31,32)26(33,34)27(35,36)28(37,38)29(39,40)30(41,42)43/h3-17,22,44H,2,18H2,1H3. The third kappa shape index (κ3) is 6.09. The van der Waals surface area contributed by atoms with Crippen molar-refractivity contribution >= 4 is 11.7 Å². The van der Waals surface area contributed by atoms with Gasteiger partial charge in [-0.1, -0.05) is 78.9 Å². The number of halogens is 13. The molecular formula is C30H24F13NO2. The van der Waals surface area contributed by atoms with E-state index in [1.165, 1.54) is 73.7 Å². The summed E-state index contributed by atoms with van der Waals surface area (Å²) in [5.41, 5.74) is -3.97. The molecule has 0 aliphatic heterocycles. The number of para-hydroxylation sites is 1. The minimum atomic E-state index is -8.07. The zero-order chi connectivity index (χ0) is 34.8. The Kier molecular flexibility index (Phi) is 10.0. The fourth-order valence-corrected chi connectivity index (χ4v) is 4.85.